The van der Waals surface area contributed by atoms with Gasteiger partial charge >= 0.3 is 0 Å². The highest BCUT2D eigenvalue weighted by atomic mass is 79.9. The molecule has 0 bridgehead atoms. The van der Waals surface area contributed by atoms with Crippen LogP contribution in [0.15, 0.2) is 21.5 Å². The maximum absolute atomic E-state index is 12.8. The topological polar surface area (TPSA) is 37.4 Å². The highest BCUT2D eigenvalue weighted by Crippen LogP contribution is 2.30. The van der Waals surface area contributed by atoms with Gasteiger partial charge in [-0.25, -0.2) is 8.42 Å². The molecule has 1 aromatic carbocycles. The van der Waals surface area contributed by atoms with Gasteiger partial charge in [0.25, 0.3) is 0 Å². The normalized spacial score (nSPS) is 21.6. The van der Waals surface area contributed by atoms with Crippen molar-refractivity contribution >= 4 is 26.0 Å². The van der Waals surface area contributed by atoms with Crippen LogP contribution in [0.1, 0.15) is 37.3 Å². The van der Waals surface area contributed by atoms with Gasteiger partial charge in [-0.3, -0.25) is 0 Å². The zero-order chi connectivity index (χ0) is 14.2. The van der Waals surface area contributed by atoms with Crippen LogP contribution >= 0.6 is 15.9 Å². The second-order valence-corrected chi connectivity index (χ2v) is 8.04. The Balaban J connectivity index is 2.47. The molecule has 0 saturated carbocycles. The molecule has 2 rings (SSSR count). The highest BCUT2D eigenvalue weighted by Gasteiger charge is 2.32. The minimum atomic E-state index is -3.38. The average Bonchev–Trinajstić information content (AvgIpc) is 2.34. The number of piperidine rings is 1. The van der Waals surface area contributed by atoms with E-state index in [1.807, 2.05) is 26.8 Å². The first kappa shape index (κ1) is 15.0. The molecule has 1 aromatic rings. The summed E-state index contributed by atoms with van der Waals surface area (Å²) in [7, 11) is -3.38. The maximum atomic E-state index is 12.8. The van der Waals surface area contributed by atoms with E-state index in [2.05, 4.69) is 15.9 Å². The molecule has 0 amide bonds. The Morgan fingerprint density at radius 2 is 1.89 bits per heavy atom. The molecule has 1 aliphatic heterocycles. The third-order valence-corrected chi connectivity index (χ3v) is 6.79. The molecule has 1 heterocycles. The zero-order valence-corrected chi connectivity index (χ0v) is 14.0. The van der Waals surface area contributed by atoms with Crippen LogP contribution in [-0.4, -0.2) is 25.3 Å². The minimum absolute atomic E-state index is 0.0956. The summed E-state index contributed by atoms with van der Waals surface area (Å²) < 4.78 is 28.1. The quantitative estimate of drug-likeness (QED) is 0.820. The van der Waals surface area contributed by atoms with Gasteiger partial charge in [-0.15, -0.1) is 0 Å². The third kappa shape index (κ3) is 2.88. The predicted octanol–water partition coefficient (Wildman–Crippen LogP) is 3.63. The molecule has 0 aromatic heterocycles. The van der Waals surface area contributed by atoms with E-state index in [0.717, 1.165) is 34.9 Å². The van der Waals surface area contributed by atoms with E-state index in [4.69, 9.17) is 0 Å². The van der Waals surface area contributed by atoms with E-state index >= 15 is 0 Å². The molecule has 1 atom stereocenters. The van der Waals surface area contributed by atoms with Crippen LogP contribution in [0.3, 0.4) is 0 Å². The van der Waals surface area contributed by atoms with Crippen LogP contribution in [0.5, 0.6) is 0 Å². The Kier molecular flexibility index (Phi) is 4.38. The second-order valence-electron chi connectivity index (χ2n) is 5.33. The van der Waals surface area contributed by atoms with Gasteiger partial charge in [0.2, 0.25) is 10.0 Å². The van der Waals surface area contributed by atoms with Gasteiger partial charge in [-0.05, 0) is 50.8 Å². The van der Waals surface area contributed by atoms with E-state index < -0.39 is 10.0 Å². The third-order valence-electron chi connectivity index (χ3n) is 3.78. The van der Waals surface area contributed by atoms with Crippen LogP contribution in [0.2, 0.25) is 0 Å². The van der Waals surface area contributed by atoms with Crippen molar-refractivity contribution in [2.75, 3.05) is 6.54 Å². The maximum Gasteiger partial charge on any atom is 0.243 e. The van der Waals surface area contributed by atoms with Gasteiger partial charge in [-0.1, -0.05) is 28.4 Å². The van der Waals surface area contributed by atoms with Gasteiger partial charge in [0.05, 0.1) is 4.90 Å². The molecule has 0 spiro atoms. The fraction of sp³-hybridized carbons (Fsp3) is 0.571. The lowest BCUT2D eigenvalue weighted by atomic mass is 10.1. The summed E-state index contributed by atoms with van der Waals surface area (Å²) in [5.74, 6) is 0. The van der Waals surface area contributed by atoms with Gasteiger partial charge in [-0.2, -0.15) is 4.31 Å². The van der Waals surface area contributed by atoms with Crippen molar-refractivity contribution in [3.8, 4) is 0 Å². The van der Waals surface area contributed by atoms with Crippen LogP contribution in [0, 0.1) is 13.8 Å². The molecular weight excluding hydrogens is 326 g/mol. The SMILES string of the molecule is Cc1cc(C)c(S(=O)(=O)N2CCCC[C@H]2C)cc1Br. The molecule has 1 aliphatic rings. The molecule has 5 heteroatoms. The summed E-state index contributed by atoms with van der Waals surface area (Å²) in [6.07, 6.45) is 3.02. The van der Waals surface area contributed by atoms with Gasteiger partial charge in [0.1, 0.15) is 0 Å². The van der Waals surface area contributed by atoms with Crippen molar-refractivity contribution in [3.05, 3.63) is 27.7 Å². The van der Waals surface area contributed by atoms with Crippen molar-refractivity contribution in [2.24, 2.45) is 0 Å². The van der Waals surface area contributed by atoms with Gasteiger partial charge < -0.3 is 0 Å². The monoisotopic (exact) mass is 345 g/mol. The fourth-order valence-electron chi connectivity index (χ4n) is 2.64. The molecule has 19 heavy (non-hydrogen) atoms. The van der Waals surface area contributed by atoms with Crippen molar-refractivity contribution in [3.63, 3.8) is 0 Å². The number of nitrogens with zero attached hydrogens (tertiary/aromatic N) is 1. The number of aryl methyl sites for hydroxylation is 2. The van der Waals surface area contributed by atoms with Gasteiger partial charge in [0.15, 0.2) is 0 Å². The van der Waals surface area contributed by atoms with Crippen molar-refractivity contribution < 1.29 is 8.42 Å². The van der Waals surface area contributed by atoms with E-state index in [0.29, 0.717) is 11.4 Å². The highest BCUT2D eigenvalue weighted by molar-refractivity contribution is 9.10. The van der Waals surface area contributed by atoms with Gasteiger partial charge in [0, 0.05) is 17.1 Å². The lowest BCUT2D eigenvalue weighted by molar-refractivity contribution is 0.268. The smallest absolute Gasteiger partial charge is 0.207 e. The summed E-state index contributed by atoms with van der Waals surface area (Å²) in [6.45, 7) is 6.46. The number of hydrogen-bond donors (Lipinski definition) is 0. The fourth-order valence-corrected chi connectivity index (χ4v) is 5.07. The number of halogens is 1. The molecular formula is C14H20BrNO2S. The number of rotatable bonds is 2. The lowest BCUT2D eigenvalue weighted by Crippen LogP contribution is -2.42. The van der Waals surface area contributed by atoms with Crippen LogP contribution < -0.4 is 0 Å². The predicted molar refractivity (Wildman–Crippen MR) is 80.8 cm³/mol. The largest absolute Gasteiger partial charge is 0.243 e. The summed E-state index contributed by atoms with van der Waals surface area (Å²) >= 11 is 3.43. The molecule has 0 N–H and O–H groups in total. The first-order valence-corrected chi connectivity index (χ1v) is 8.86. The minimum Gasteiger partial charge on any atom is -0.207 e. The van der Waals surface area contributed by atoms with E-state index in [1.165, 1.54) is 0 Å². The molecule has 1 fully saturated rings. The summed E-state index contributed by atoms with van der Waals surface area (Å²) in [4.78, 5) is 0.429. The van der Waals surface area contributed by atoms with E-state index in [1.54, 1.807) is 10.4 Å². The van der Waals surface area contributed by atoms with Crippen LogP contribution in [-0.2, 0) is 10.0 Å². The second kappa shape index (κ2) is 5.54. The number of sulfonamides is 1. The van der Waals surface area contributed by atoms with Crippen molar-refractivity contribution in [1.82, 2.24) is 4.31 Å². The molecule has 106 valence electrons. The molecule has 0 unspecified atom stereocenters. The molecule has 1 saturated heterocycles. The Bertz CT molecular complexity index is 583. The average molecular weight is 346 g/mol. The Morgan fingerprint density at radius 3 is 2.53 bits per heavy atom. The molecule has 0 radical (unpaired) electrons. The number of hydrogen-bond acceptors (Lipinski definition) is 2. The summed E-state index contributed by atoms with van der Waals surface area (Å²) in [5.41, 5.74) is 1.88. The summed E-state index contributed by atoms with van der Waals surface area (Å²) in [6, 6.07) is 3.76. The van der Waals surface area contributed by atoms with Crippen LogP contribution in [0.25, 0.3) is 0 Å². The van der Waals surface area contributed by atoms with Crippen molar-refractivity contribution in [2.45, 2.75) is 51.0 Å². The first-order valence-electron chi connectivity index (χ1n) is 6.62. The lowest BCUT2D eigenvalue weighted by Gasteiger charge is -2.32. The summed E-state index contributed by atoms with van der Waals surface area (Å²) in [5, 5.41) is 0. The molecule has 3 nitrogen and oxygen atoms in total. The van der Waals surface area contributed by atoms with E-state index in [9.17, 15) is 8.42 Å². The van der Waals surface area contributed by atoms with Crippen molar-refractivity contribution in [1.29, 1.82) is 0 Å². The van der Waals surface area contributed by atoms with Crippen LogP contribution in [0.4, 0.5) is 0 Å². The van der Waals surface area contributed by atoms with E-state index in [-0.39, 0.29) is 6.04 Å². The number of benzene rings is 1. The Hall–Kier alpha value is -0.390. The zero-order valence-electron chi connectivity index (χ0n) is 11.6. The Morgan fingerprint density at radius 1 is 1.21 bits per heavy atom. The standard InChI is InChI=1S/C14H20BrNO2S/c1-10-8-11(2)14(9-13(10)15)19(17,18)16-7-5-4-6-12(16)3/h8-9,12H,4-7H2,1-3H3/t12-/m1/s1. The Labute approximate surface area is 124 Å². The molecule has 0 aliphatic carbocycles. The first-order chi connectivity index (χ1) is 8.84.